The van der Waals surface area contributed by atoms with E-state index in [9.17, 15) is 4.79 Å². The average molecular weight is 267 g/mol. The van der Waals surface area contributed by atoms with Gasteiger partial charge in [-0.3, -0.25) is 4.79 Å². The minimum absolute atomic E-state index is 0.0716. The number of nitrogens with two attached hydrogens (primary N) is 1. The van der Waals surface area contributed by atoms with Crippen molar-refractivity contribution in [3.63, 3.8) is 0 Å². The Morgan fingerprint density at radius 2 is 2.00 bits per heavy atom. The Morgan fingerprint density at radius 1 is 1.32 bits per heavy atom. The molecule has 3 fully saturated rings. The number of piperidine rings is 1. The summed E-state index contributed by atoms with van der Waals surface area (Å²) in [5.74, 6) is 0.0716. The summed E-state index contributed by atoms with van der Waals surface area (Å²) in [7, 11) is 0. The van der Waals surface area contributed by atoms with Crippen LogP contribution in [0, 0.1) is 5.41 Å². The quantitative estimate of drug-likeness (QED) is 0.761. The molecule has 1 amide bonds. The molecule has 2 atom stereocenters. The maximum atomic E-state index is 12.4. The number of nitrogens with zero attached hydrogens (tertiary/aromatic N) is 1. The first kappa shape index (κ1) is 13.3. The van der Waals surface area contributed by atoms with E-state index in [2.05, 4.69) is 10.2 Å². The zero-order valence-corrected chi connectivity index (χ0v) is 11.7. The summed E-state index contributed by atoms with van der Waals surface area (Å²) in [5, 5.41) is 3.19. The average Bonchev–Trinajstić information content (AvgIpc) is 3.18. The normalized spacial score (nSPS) is 37.5. The molecule has 0 aromatic carbocycles. The molecule has 3 N–H and O–H groups in total. The molecule has 1 saturated carbocycles. The second kappa shape index (κ2) is 5.04. The van der Waals surface area contributed by atoms with Gasteiger partial charge in [-0.1, -0.05) is 0 Å². The van der Waals surface area contributed by atoms with Crippen LogP contribution < -0.4 is 11.1 Å². The van der Waals surface area contributed by atoms with Gasteiger partial charge in [-0.25, -0.2) is 0 Å². The van der Waals surface area contributed by atoms with Crippen LogP contribution in [0.25, 0.3) is 0 Å². The largest absolute Gasteiger partial charge is 0.379 e. The van der Waals surface area contributed by atoms with E-state index in [1.165, 1.54) is 12.8 Å². The number of carbonyl (C=O) groups excluding carboxylic acids is 1. The van der Waals surface area contributed by atoms with Gasteiger partial charge in [0.1, 0.15) is 0 Å². The van der Waals surface area contributed by atoms with Crippen molar-refractivity contribution in [1.29, 1.82) is 0 Å². The van der Waals surface area contributed by atoms with Crippen LogP contribution in [0.15, 0.2) is 0 Å². The van der Waals surface area contributed by atoms with Crippen molar-refractivity contribution in [1.82, 2.24) is 10.2 Å². The summed E-state index contributed by atoms with van der Waals surface area (Å²) in [4.78, 5) is 15.0. The van der Waals surface area contributed by atoms with Crippen molar-refractivity contribution in [2.75, 3.05) is 26.3 Å². The lowest BCUT2D eigenvalue weighted by molar-refractivity contribution is -0.131. The smallest absolute Gasteiger partial charge is 0.230 e. The highest BCUT2D eigenvalue weighted by molar-refractivity contribution is 5.83. The Kier molecular flexibility index (Phi) is 3.53. The molecule has 0 aromatic heterocycles. The number of rotatable bonds is 3. The molecule has 0 spiro atoms. The van der Waals surface area contributed by atoms with E-state index < -0.39 is 5.41 Å². The highest BCUT2D eigenvalue weighted by Gasteiger charge is 2.45. The number of carbonyl (C=O) groups is 1. The Hall–Kier alpha value is -0.650. The van der Waals surface area contributed by atoms with Gasteiger partial charge in [0.25, 0.3) is 0 Å². The molecule has 108 valence electrons. The van der Waals surface area contributed by atoms with Crippen LogP contribution in [0.4, 0.5) is 0 Å². The van der Waals surface area contributed by atoms with Crippen molar-refractivity contribution in [2.24, 2.45) is 11.1 Å². The molecule has 2 saturated heterocycles. The number of hydrogen-bond donors (Lipinski definition) is 2. The lowest BCUT2D eigenvalue weighted by Gasteiger charge is -2.34. The molecule has 0 aromatic rings. The summed E-state index contributed by atoms with van der Waals surface area (Å²) in [5.41, 5.74) is 5.45. The zero-order valence-electron chi connectivity index (χ0n) is 11.7. The zero-order chi connectivity index (χ0) is 13.5. The number of hydrogen-bond acceptors (Lipinski definition) is 4. The maximum Gasteiger partial charge on any atom is 0.230 e. The number of likely N-dealkylation sites (tertiary alicyclic amines) is 1. The first-order chi connectivity index (χ1) is 9.09. The van der Waals surface area contributed by atoms with Crippen molar-refractivity contribution >= 4 is 5.91 Å². The van der Waals surface area contributed by atoms with E-state index in [0.29, 0.717) is 19.3 Å². The molecule has 2 aliphatic heterocycles. The summed E-state index contributed by atoms with van der Waals surface area (Å²) < 4.78 is 5.35. The SMILES string of the molecule is CC1(C(=O)NC2CCN(C3CC3)CC2)COCC1N. The van der Waals surface area contributed by atoms with Gasteiger partial charge < -0.3 is 20.7 Å². The van der Waals surface area contributed by atoms with E-state index >= 15 is 0 Å². The monoisotopic (exact) mass is 267 g/mol. The Balaban J connectivity index is 1.50. The van der Waals surface area contributed by atoms with Gasteiger partial charge in [0.05, 0.1) is 18.6 Å². The standard InChI is InChI=1S/C14H25N3O2/c1-14(9-19-8-12(14)15)13(18)16-10-4-6-17(7-5-10)11-2-3-11/h10-12H,2-9,15H2,1H3,(H,16,18). The Morgan fingerprint density at radius 3 is 2.53 bits per heavy atom. The number of nitrogens with one attached hydrogen (secondary N) is 1. The topological polar surface area (TPSA) is 67.6 Å². The highest BCUT2D eigenvalue weighted by atomic mass is 16.5. The fourth-order valence-corrected chi connectivity index (χ4v) is 3.12. The summed E-state index contributed by atoms with van der Waals surface area (Å²) in [6.45, 7) is 5.09. The highest BCUT2D eigenvalue weighted by Crippen LogP contribution is 2.30. The number of amides is 1. The second-order valence-electron chi connectivity index (χ2n) is 6.55. The fourth-order valence-electron chi connectivity index (χ4n) is 3.12. The van der Waals surface area contributed by atoms with Gasteiger partial charge in [0, 0.05) is 31.2 Å². The molecule has 2 heterocycles. The van der Waals surface area contributed by atoms with E-state index in [4.69, 9.17) is 10.5 Å². The van der Waals surface area contributed by atoms with Gasteiger partial charge in [0.2, 0.25) is 5.91 Å². The third-order valence-electron chi connectivity index (χ3n) is 4.96. The van der Waals surface area contributed by atoms with E-state index in [1.807, 2.05) is 6.92 Å². The van der Waals surface area contributed by atoms with Crippen LogP contribution >= 0.6 is 0 Å². The van der Waals surface area contributed by atoms with Crippen LogP contribution in [0.2, 0.25) is 0 Å². The molecule has 3 aliphatic rings. The van der Waals surface area contributed by atoms with Crippen LogP contribution in [0.3, 0.4) is 0 Å². The van der Waals surface area contributed by atoms with Gasteiger partial charge in [-0.2, -0.15) is 0 Å². The molecule has 0 radical (unpaired) electrons. The third kappa shape index (κ3) is 2.64. The van der Waals surface area contributed by atoms with Gasteiger partial charge in [-0.05, 0) is 32.6 Å². The van der Waals surface area contributed by atoms with Gasteiger partial charge in [-0.15, -0.1) is 0 Å². The van der Waals surface area contributed by atoms with E-state index in [-0.39, 0.29) is 11.9 Å². The van der Waals surface area contributed by atoms with Crippen molar-refractivity contribution < 1.29 is 9.53 Å². The molecule has 5 heteroatoms. The molecule has 0 bridgehead atoms. The van der Waals surface area contributed by atoms with Crippen molar-refractivity contribution in [2.45, 2.75) is 50.7 Å². The first-order valence-electron chi connectivity index (χ1n) is 7.48. The summed E-state index contributed by atoms with van der Waals surface area (Å²) >= 11 is 0. The first-order valence-corrected chi connectivity index (χ1v) is 7.48. The molecular formula is C14H25N3O2. The molecule has 19 heavy (non-hydrogen) atoms. The maximum absolute atomic E-state index is 12.4. The van der Waals surface area contributed by atoms with Gasteiger partial charge >= 0.3 is 0 Å². The van der Waals surface area contributed by atoms with Crippen LogP contribution in [-0.2, 0) is 9.53 Å². The molecule has 2 unspecified atom stereocenters. The molecule has 3 rings (SSSR count). The van der Waals surface area contributed by atoms with Crippen LogP contribution in [0.1, 0.15) is 32.6 Å². The minimum Gasteiger partial charge on any atom is -0.379 e. The number of ether oxygens (including phenoxy) is 1. The summed E-state index contributed by atoms with van der Waals surface area (Å²) in [6, 6.07) is 0.969. The predicted octanol–water partition coefficient (Wildman–Crippen LogP) is 0.0932. The lowest BCUT2D eigenvalue weighted by atomic mass is 9.84. The van der Waals surface area contributed by atoms with E-state index in [1.54, 1.807) is 0 Å². The minimum atomic E-state index is -0.548. The lowest BCUT2D eigenvalue weighted by Crippen LogP contribution is -2.54. The van der Waals surface area contributed by atoms with Crippen molar-refractivity contribution in [3.05, 3.63) is 0 Å². The molecule has 1 aliphatic carbocycles. The summed E-state index contributed by atoms with van der Waals surface area (Å²) in [6.07, 6.45) is 4.85. The third-order valence-corrected chi connectivity index (χ3v) is 4.96. The predicted molar refractivity (Wildman–Crippen MR) is 72.7 cm³/mol. The fraction of sp³-hybridized carbons (Fsp3) is 0.929. The van der Waals surface area contributed by atoms with E-state index in [0.717, 1.165) is 32.0 Å². The molecular weight excluding hydrogens is 242 g/mol. The molecule has 5 nitrogen and oxygen atoms in total. The van der Waals surface area contributed by atoms with Gasteiger partial charge in [0.15, 0.2) is 0 Å². The van der Waals surface area contributed by atoms with Crippen molar-refractivity contribution in [3.8, 4) is 0 Å². The second-order valence-corrected chi connectivity index (χ2v) is 6.55. The Bertz CT molecular complexity index is 351. The Labute approximate surface area is 114 Å². The van der Waals surface area contributed by atoms with Crippen LogP contribution in [0.5, 0.6) is 0 Å². The van der Waals surface area contributed by atoms with Crippen LogP contribution in [-0.4, -0.2) is 55.2 Å².